The van der Waals surface area contributed by atoms with Gasteiger partial charge < -0.3 is 35.7 Å². The summed E-state index contributed by atoms with van der Waals surface area (Å²) < 4.78 is 0. The van der Waals surface area contributed by atoms with Crippen molar-refractivity contribution in [2.24, 2.45) is 0 Å². The van der Waals surface area contributed by atoms with E-state index in [2.05, 4.69) is 72.8 Å². The van der Waals surface area contributed by atoms with Gasteiger partial charge in [0.2, 0.25) is 0 Å². The number of benzene rings is 8. The first-order valence-corrected chi connectivity index (χ1v) is 25.6. The Bertz CT molecular complexity index is 3040. The van der Waals surface area contributed by atoms with Crippen molar-refractivity contribution in [3.63, 3.8) is 0 Å². The van der Waals surface area contributed by atoms with Gasteiger partial charge in [0, 0.05) is 18.3 Å². The molecule has 7 nitrogen and oxygen atoms in total. The van der Waals surface area contributed by atoms with Gasteiger partial charge in [-0.05, 0) is 243 Å². The van der Waals surface area contributed by atoms with Crippen molar-refractivity contribution in [2.75, 3.05) is 0 Å². The first-order chi connectivity index (χ1) is 35.0. The number of rotatable bonds is 13. The fraction of sp³-hybridized carbons (Fsp3) is 0.284. The SMILES string of the molecule is Cc1cc(CCC(CCc2cc(C)c(O)c(C)c2)(c2cc(C)c(O)c(C)c2)c2cc(C)c(O)c(C)c2)cc(C)c1O.Cc1cc(Cc2cc(-c3ccccc3)cc(Cc3cc(C)c(O)c(C)c3)c2O)cc(C)c1O. The minimum atomic E-state index is -0.439. The molecule has 0 aliphatic carbocycles. The second kappa shape index (κ2) is 22.2. The van der Waals surface area contributed by atoms with E-state index in [1.165, 1.54) is 0 Å². The average molecular weight is 991 g/mol. The zero-order valence-corrected chi connectivity index (χ0v) is 45.3. The van der Waals surface area contributed by atoms with Gasteiger partial charge in [-0.2, -0.15) is 0 Å². The van der Waals surface area contributed by atoms with E-state index in [4.69, 9.17) is 0 Å². The Morgan fingerprint density at radius 3 is 0.824 bits per heavy atom. The maximum atomic E-state index is 11.3. The summed E-state index contributed by atoms with van der Waals surface area (Å²) in [4.78, 5) is 0. The molecule has 0 unspecified atom stereocenters. The van der Waals surface area contributed by atoms with Gasteiger partial charge in [0.15, 0.2) is 0 Å². The molecule has 0 aliphatic rings. The summed E-state index contributed by atoms with van der Waals surface area (Å²) in [5.74, 6) is 2.24. The normalized spacial score (nSPS) is 11.4. The fourth-order valence-corrected chi connectivity index (χ4v) is 11.0. The van der Waals surface area contributed by atoms with E-state index in [1.807, 2.05) is 126 Å². The quantitative estimate of drug-likeness (QED) is 0.0610. The lowest BCUT2D eigenvalue weighted by Crippen LogP contribution is -2.30. The van der Waals surface area contributed by atoms with Gasteiger partial charge in [-0.3, -0.25) is 0 Å². The van der Waals surface area contributed by atoms with Crippen LogP contribution in [0, 0.1) is 83.1 Å². The Morgan fingerprint density at radius 2 is 0.541 bits per heavy atom. The monoisotopic (exact) mass is 991 g/mol. The molecule has 384 valence electrons. The third kappa shape index (κ3) is 11.7. The third-order valence-electron chi connectivity index (χ3n) is 15.1. The van der Waals surface area contributed by atoms with Crippen LogP contribution in [0.4, 0.5) is 0 Å². The van der Waals surface area contributed by atoms with Crippen LogP contribution in [0.3, 0.4) is 0 Å². The molecule has 0 saturated heterocycles. The maximum absolute atomic E-state index is 11.3. The van der Waals surface area contributed by atoms with Crippen molar-refractivity contribution >= 4 is 0 Å². The summed E-state index contributed by atoms with van der Waals surface area (Å²) in [5.41, 5.74) is 20.3. The van der Waals surface area contributed by atoms with E-state index >= 15 is 0 Å². The van der Waals surface area contributed by atoms with E-state index in [1.54, 1.807) is 0 Å². The molecule has 74 heavy (non-hydrogen) atoms. The third-order valence-corrected chi connectivity index (χ3v) is 15.1. The van der Waals surface area contributed by atoms with Crippen LogP contribution in [0.1, 0.15) is 124 Å². The second-order valence-electron chi connectivity index (χ2n) is 21.2. The molecular formula is C67H74O7. The molecule has 8 aromatic carbocycles. The lowest BCUT2D eigenvalue weighted by Gasteiger charge is -2.37. The standard InChI is InChI=1S/C37H44O4.C30H30O3/c1-21-13-29(14-22(2)33(21)38)9-11-37(31-17-25(5)35(40)26(6)18-31,32-19-27(7)36(41)28(8)20-32)12-10-30-15-23(3)34(39)24(4)16-30;1-18-10-22(11-19(2)28(18)31)14-26-16-25(24-8-6-5-7-9-24)17-27(30(26)33)15-23-12-20(3)29(32)21(4)13-23/h13-20,38-41H,9-12H2,1-8H3;5-13,16-17,31-33H,14-15H2,1-4H3. The first kappa shape index (κ1) is 54.1. The summed E-state index contributed by atoms with van der Waals surface area (Å²) in [6.45, 7) is 23.1. The number of aryl methyl sites for hydroxylation is 14. The Hall–Kier alpha value is -7.64. The molecule has 0 spiro atoms. The Morgan fingerprint density at radius 1 is 0.284 bits per heavy atom. The topological polar surface area (TPSA) is 142 Å². The van der Waals surface area contributed by atoms with Gasteiger partial charge >= 0.3 is 0 Å². The zero-order valence-electron chi connectivity index (χ0n) is 45.3. The molecule has 8 aromatic rings. The number of phenolic OH excluding ortho intramolecular Hbond substituents is 7. The zero-order chi connectivity index (χ0) is 53.9. The van der Waals surface area contributed by atoms with E-state index in [9.17, 15) is 35.7 Å². The highest BCUT2D eigenvalue weighted by Crippen LogP contribution is 2.46. The van der Waals surface area contributed by atoms with Crippen molar-refractivity contribution in [2.45, 2.75) is 127 Å². The smallest absolute Gasteiger partial charge is 0.122 e. The molecule has 0 bridgehead atoms. The highest BCUT2D eigenvalue weighted by molar-refractivity contribution is 5.68. The molecule has 0 saturated carbocycles. The van der Waals surface area contributed by atoms with Crippen LogP contribution in [0.15, 0.2) is 115 Å². The highest BCUT2D eigenvalue weighted by atomic mass is 16.3. The largest absolute Gasteiger partial charge is 0.507 e. The molecule has 0 radical (unpaired) electrons. The van der Waals surface area contributed by atoms with Crippen LogP contribution in [0.25, 0.3) is 11.1 Å². The van der Waals surface area contributed by atoms with E-state index in [-0.39, 0.29) is 0 Å². The molecule has 7 N–H and O–H groups in total. The van der Waals surface area contributed by atoms with Crippen LogP contribution in [0.5, 0.6) is 40.2 Å². The molecule has 7 heteroatoms. The van der Waals surface area contributed by atoms with Crippen molar-refractivity contribution in [1.29, 1.82) is 0 Å². The lowest BCUT2D eigenvalue weighted by atomic mass is 9.66. The summed E-state index contributed by atoms with van der Waals surface area (Å²) in [6.07, 6.45) is 4.28. The average Bonchev–Trinajstić information content (AvgIpc) is 3.35. The Balaban J connectivity index is 0.000000221. The van der Waals surface area contributed by atoms with Crippen LogP contribution in [-0.4, -0.2) is 35.7 Å². The number of hydrogen-bond acceptors (Lipinski definition) is 7. The highest BCUT2D eigenvalue weighted by Gasteiger charge is 2.36. The molecule has 0 heterocycles. The molecule has 0 atom stereocenters. The van der Waals surface area contributed by atoms with Gasteiger partial charge in [-0.15, -0.1) is 0 Å². The van der Waals surface area contributed by atoms with Gasteiger partial charge in [0.05, 0.1) is 0 Å². The minimum absolute atomic E-state index is 0.293. The first-order valence-electron chi connectivity index (χ1n) is 25.6. The van der Waals surface area contributed by atoms with Crippen molar-refractivity contribution in [3.8, 4) is 51.4 Å². The van der Waals surface area contributed by atoms with Crippen LogP contribution >= 0.6 is 0 Å². The van der Waals surface area contributed by atoms with E-state index in [0.717, 1.165) is 148 Å². The maximum Gasteiger partial charge on any atom is 0.122 e. The van der Waals surface area contributed by atoms with Crippen LogP contribution in [-0.2, 0) is 31.1 Å². The predicted molar refractivity (Wildman–Crippen MR) is 302 cm³/mol. The molecule has 0 aromatic heterocycles. The number of phenols is 7. The minimum Gasteiger partial charge on any atom is -0.507 e. The Kier molecular flexibility index (Phi) is 16.3. The number of hydrogen-bond donors (Lipinski definition) is 7. The van der Waals surface area contributed by atoms with Gasteiger partial charge in [-0.1, -0.05) is 103 Å². The van der Waals surface area contributed by atoms with Crippen molar-refractivity contribution < 1.29 is 35.7 Å². The Labute approximate surface area is 438 Å². The van der Waals surface area contributed by atoms with Crippen molar-refractivity contribution in [1.82, 2.24) is 0 Å². The van der Waals surface area contributed by atoms with Gasteiger partial charge in [0.1, 0.15) is 40.2 Å². The lowest BCUT2D eigenvalue weighted by molar-refractivity contribution is 0.427. The number of aromatic hydroxyl groups is 7. The molecule has 8 rings (SSSR count). The predicted octanol–water partition coefficient (Wildman–Crippen LogP) is 15.4. The summed E-state index contributed by atoms with van der Waals surface area (Å²) in [5, 5.41) is 73.8. The molecule has 0 amide bonds. The summed E-state index contributed by atoms with van der Waals surface area (Å²) in [6, 6.07) is 38.9. The second-order valence-corrected chi connectivity index (χ2v) is 21.2. The molecule has 0 fully saturated rings. The van der Waals surface area contributed by atoms with E-state index in [0.29, 0.717) is 53.1 Å². The van der Waals surface area contributed by atoms with Gasteiger partial charge in [0.25, 0.3) is 0 Å². The van der Waals surface area contributed by atoms with E-state index < -0.39 is 5.41 Å². The summed E-state index contributed by atoms with van der Waals surface area (Å²) >= 11 is 0. The fourth-order valence-electron chi connectivity index (χ4n) is 11.0. The van der Waals surface area contributed by atoms with Crippen LogP contribution < -0.4 is 0 Å². The van der Waals surface area contributed by atoms with Crippen molar-refractivity contribution in [3.05, 3.63) is 227 Å². The van der Waals surface area contributed by atoms with Gasteiger partial charge in [-0.25, -0.2) is 0 Å². The summed E-state index contributed by atoms with van der Waals surface area (Å²) in [7, 11) is 0. The molecule has 0 aliphatic heterocycles. The molecular weight excluding hydrogens is 917 g/mol. The van der Waals surface area contributed by atoms with Crippen LogP contribution in [0.2, 0.25) is 0 Å².